The van der Waals surface area contributed by atoms with E-state index in [2.05, 4.69) is 51.7 Å². The number of imidazole rings is 1. The van der Waals surface area contributed by atoms with Gasteiger partial charge < -0.3 is 9.26 Å². The Bertz CT molecular complexity index is 1100. The summed E-state index contributed by atoms with van der Waals surface area (Å²) in [5.74, 6) is 2.31. The van der Waals surface area contributed by atoms with Crippen LogP contribution in [0.15, 0.2) is 64.5 Å². The number of aromatic nitrogens is 4. The first kappa shape index (κ1) is 18.3. The molecule has 142 valence electrons. The first-order valence-electron chi connectivity index (χ1n) is 8.85. The molecule has 0 aliphatic carbocycles. The second-order valence-electron chi connectivity index (χ2n) is 6.37. The minimum Gasteiger partial charge on any atom is -0.496 e. The molecular weight excluding hydrogens is 372 g/mol. The summed E-state index contributed by atoms with van der Waals surface area (Å²) in [7, 11) is 1.63. The fourth-order valence-electron chi connectivity index (χ4n) is 3.03. The van der Waals surface area contributed by atoms with E-state index >= 15 is 0 Å². The van der Waals surface area contributed by atoms with Crippen molar-refractivity contribution < 1.29 is 9.26 Å². The molecule has 0 amide bonds. The van der Waals surface area contributed by atoms with E-state index in [1.165, 1.54) is 11.1 Å². The highest BCUT2D eigenvalue weighted by Crippen LogP contribution is 2.29. The normalized spacial score (nSPS) is 11.0. The van der Waals surface area contributed by atoms with Gasteiger partial charge in [-0.05, 0) is 37.6 Å². The topological polar surface area (TPSA) is 66.0 Å². The lowest BCUT2D eigenvalue weighted by Gasteiger charge is -2.10. The largest absolute Gasteiger partial charge is 0.496 e. The van der Waals surface area contributed by atoms with Crippen LogP contribution in [0.1, 0.15) is 17.0 Å². The van der Waals surface area contributed by atoms with Gasteiger partial charge in [0.05, 0.1) is 24.1 Å². The fourth-order valence-corrected chi connectivity index (χ4v) is 3.84. The maximum absolute atomic E-state index is 5.43. The van der Waals surface area contributed by atoms with Crippen molar-refractivity contribution in [3.8, 4) is 22.8 Å². The van der Waals surface area contributed by atoms with Crippen molar-refractivity contribution in [2.24, 2.45) is 0 Å². The van der Waals surface area contributed by atoms with Crippen LogP contribution in [0.5, 0.6) is 5.75 Å². The second kappa shape index (κ2) is 7.90. The van der Waals surface area contributed by atoms with Gasteiger partial charge in [0.1, 0.15) is 5.75 Å². The SMILES string of the molecule is COc1ccccc1-c1noc(CSc2nccn2-c2ccc(C)cc2C)n1. The Kier molecular flexibility index (Phi) is 5.16. The fraction of sp³-hybridized carbons (Fsp3) is 0.190. The number of aryl methyl sites for hydroxylation is 2. The van der Waals surface area contributed by atoms with Gasteiger partial charge >= 0.3 is 0 Å². The van der Waals surface area contributed by atoms with E-state index in [0.29, 0.717) is 23.2 Å². The van der Waals surface area contributed by atoms with Crippen molar-refractivity contribution in [1.29, 1.82) is 0 Å². The third kappa shape index (κ3) is 3.66. The molecule has 4 rings (SSSR count). The number of ether oxygens (including phenoxy) is 1. The average molecular weight is 392 g/mol. The van der Waals surface area contributed by atoms with E-state index in [1.807, 2.05) is 30.5 Å². The number of hydrogen-bond donors (Lipinski definition) is 0. The summed E-state index contributed by atoms with van der Waals surface area (Å²) < 4.78 is 12.9. The van der Waals surface area contributed by atoms with E-state index in [4.69, 9.17) is 9.26 Å². The third-order valence-corrected chi connectivity index (χ3v) is 5.31. The first-order chi connectivity index (χ1) is 13.7. The third-order valence-electron chi connectivity index (χ3n) is 4.36. The summed E-state index contributed by atoms with van der Waals surface area (Å²) in [6.07, 6.45) is 3.77. The molecule has 0 spiro atoms. The standard InChI is InChI=1S/C21H20N4O2S/c1-14-8-9-17(15(2)12-14)25-11-10-22-21(25)28-13-19-23-20(24-27-19)16-6-4-5-7-18(16)26-3/h4-12H,13H2,1-3H3. The zero-order chi connectivity index (χ0) is 19.5. The van der Waals surface area contributed by atoms with E-state index in [0.717, 1.165) is 16.4 Å². The number of thioether (sulfide) groups is 1. The molecule has 0 fully saturated rings. The molecule has 0 saturated heterocycles. The lowest BCUT2D eigenvalue weighted by molar-refractivity contribution is 0.390. The minimum absolute atomic E-state index is 0.519. The quantitative estimate of drug-likeness (QED) is 0.438. The van der Waals surface area contributed by atoms with Crippen LogP contribution >= 0.6 is 11.8 Å². The van der Waals surface area contributed by atoms with Crippen molar-refractivity contribution >= 4 is 11.8 Å². The lowest BCUT2D eigenvalue weighted by atomic mass is 10.1. The molecule has 0 N–H and O–H groups in total. The van der Waals surface area contributed by atoms with E-state index in [1.54, 1.807) is 25.1 Å². The number of para-hydroxylation sites is 1. The molecule has 0 atom stereocenters. The molecule has 4 aromatic rings. The van der Waals surface area contributed by atoms with E-state index < -0.39 is 0 Å². The average Bonchev–Trinajstić information content (AvgIpc) is 3.36. The van der Waals surface area contributed by atoms with Crippen molar-refractivity contribution in [3.05, 3.63) is 71.9 Å². The Morgan fingerprint density at radius 3 is 2.82 bits per heavy atom. The van der Waals surface area contributed by atoms with Crippen LogP contribution in [0.2, 0.25) is 0 Å². The molecule has 28 heavy (non-hydrogen) atoms. The molecule has 2 aromatic heterocycles. The maximum Gasteiger partial charge on any atom is 0.237 e. The zero-order valence-corrected chi connectivity index (χ0v) is 16.7. The van der Waals surface area contributed by atoms with Crippen LogP contribution in [0.4, 0.5) is 0 Å². The Hall–Kier alpha value is -3.06. The highest BCUT2D eigenvalue weighted by Gasteiger charge is 2.15. The van der Waals surface area contributed by atoms with Crippen LogP contribution in [0.25, 0.3) is 17.1 Å². The monoisotopic (exact) mass is 392 g/mol. The number of hydrogen-bond acceptors (Lipinski definition) is 6. The second-order valence-corrected chi connectivity index (χ2v) is 7.31. The van der Waals surface area contributed by atoms with Crippen LogP contribution < -0.4 is 4.74 Å². The molecule has 7 heteroatoms. The molecule has 0 aliphatic rings. The number of methoxy groups -OCH3 is 1. The Morgan fingerprint density at radius 1 is 1.14 bits per heavy atom. The molecular formula is C21H20N4O2S. The van der Waals surface area contributed by atoms with Gasteiger partial charge in [0.25, 0.3) is 0 Å². The highest BCUT2D eigenvalue weighted by atomic mass is 32.2. The number of nitrogens with zero attached hydrogens (tertiary/aromatic N) is 4. The first-order valence-corrected chi connectivity index (χ1v) is 9.84. The predicted molar refractivity (Wildman–Crippen MR) is 109 cm³/mol. The Morgan fingerprint density at radius 2 is 2.00 bits per heavy atom. The van der Waals surface area contributed by atoms with Gasteiger partial charge in [-0.3, -0.25) is 4.57 Å². The smallest absolute Gasteiger partial charge is 0.237 e. The van der Waals surface area contributed by atoms with Gasteiger partial charge in [-0.2, -0.15) is 4.98 Å². The van der Waals surface area contributed by atoms with Crippen molar-refractivity contribution in [2.75, 3.05) is 7.11 Å². The Balaban J connectivity index is 1.52. The molecule has 0 radical (unpaired) electrons. The van der Waals surface area contributed by atoms with Gasteiger partial charge in [0, 0.05) is 12.4 Å². The molecule has 2 aromatic carbocycles. The number of rotatable bonds is 6. The van der Waals surface area contributed by atoms with E-state index in [-0.39, 0.29) is 0 Å². The van der Waals surface area contributed by atoms with Gasteiger partial charge in [0.15, 0.2) is 5.16 Å². The molecule has 0 unspecified atom stereocenters. The van der Waals surface area contributed by atoms with Gasteiger partial charge in [-0.25, -0.2) is 4.98 Å². The van der Waals surface area contributed by atoms with Crippen molar-refractivity contribution in [1.82, 2.24) is 19.7 Å². The van der Waals surface area contributed by atoms with E-state index in [9.17, 15) is 0 Å². The summed E-state index contributed by atoms with van der Waals surface area (Å²) in [4.78, 5) is 8.98. The van der Waals surface area contributed by atoms with Crippen LogP contribution in [-0.2, 0) is 5.75 Å². The lowest BCUT2D eigenvalue weighted by Crippen LogP contribution is -1.98. The molecule has 2 heterocycles. The Labute approximate surface area is 167 Å². The molecule has 6 nitrogen and oxygen atoms in total. The van der Waals surface area contributed by atoms with Crippen LogP contribution in [0, 0.1) is 13.8 Å². The highest BCUT2D eigenvalue weighted by molar-refractivity contribution is 7.98. The summed E-state index contributed by atoms with van der Waals surface area (Å²) in [6, 6.07) is 14.0. The zero-order valence-electron chi connectivity index (χ0n) is 15.9. The van der Waals surface area contributed by atoms with Crippen LogP contribution in [-0.4, -0.2) is 26.8 Å². The van der Waals surface area contributed by atoms with Gasteiger partial charge in [-0.15, -0.1) is 0 Å². The van der Waals surface area contributed by atoms with Crippen molar-refractivity contribution in [2.45, 2.75) is 24.8 Å². The van der Waals surface area contributed by atoms with Crippen LogP contribution in [0.3, 0.4) is 0 Å². The van der Waals surface area contributed by atoms with Gasteiger partial charge in [0.2, 0.25) is 11.7 Å². The summed E-state index contributed by atoms with van der Waals surface area (Å²) >= 11 is 1.56. The summed E-state index contributed by atoms with van der Waals surface area (Å²) in [5, 5.41) is 4.97. The minimum atomic E-state index is 0.519. The molecule has 0 aliphatic heterocycles. The summed E-state index contributed by atoms with van der Waals surface area (Å²) in [5.41, 5.74) is 4.37. The molecule has 0 saturated carbocycles. The van der Waals surface area contributed by atoms with Crippen molar-refractivity contribution in [3.63, 3.8) is 0 Å². The predicted octanol–water partition coefficient (Wildman–Crippen LogP) is 4.84. The molecule has 0 bridgehead atoms. The van der Waals surface area contributed by atoms with Gasteiger partial charge in [-0.1, -0.05) is 46.7 Å². The number of benzene rings is 2. The summed E-state index contributed by atoms with van der Waals surface area (Å²) in [6.45, 7) is 4.20. The maximum atomic E-state index is 5.43.